The average Bonchev–Trinajstić information content (AvgIpc) is 3.67. The van der Waals surface area contributed by atoms with Crippen LogP contribution in [0.15, 0.2) is 49.2 Å². The molecule has 13 heteroatoms. The molecule has 3 atom stereocenters. The number of aliphatic hydroxyl groups excluding tert-OH is 1. The number of carbonyl (C=O) groups excluding carboxylic acids is 2. The summed E-state index contributed by atoms with van der Waals surface area (Å²) in [5.74, 6) is 5.43. The van der Waals surface area contributed by atoms with E-state index in [1.165, 1.54) is 19.8 Å². The molecule has 1 fully saturated rings. The van der Waals surface area contributed by atoms with Gasteiger partial charge in [-0.3, -0.25) is 9.36 Å². The van der Waals surface area contributed by atoms with Crippen LogP contribution in [0.5, 0.6) is 0 Å². The first kappa shape index (κ1) is 25.0. The molecule has 1 saturated heterocycles. The number of rotatable bonds is 7. The zero-order chi connectivity index (χ0) is 26.5. The number of nitrogens with one attached hydrogen (secondary N) is 2. The third-order valence-corrected chi connectivity index (χ3v) is 5.75. The Hall–Kier alpha value is -4.64. The van der Waals surface area contributed by atoms with Gasteiger partial charge in [-0.25, -0.2) is 24.7 Å². The number of fused-ring (bicyclic) bond motifs is 1. The second-order valence-electron chi connectivity index (χ2n) is 8.24. The molecular weight excluding hydrogens is 494 g/mol. The maximum absolute atomic E-state index is 12.8. The maximum atomic E-state index is 12.8. The highest BCUT2D eigenvalue weighted by Gasteiger charge is 2.40. The molecule has 38 heavy (non-hydrogen) atoms. The number of ether oxygens (including phenoxy) is 3. The summed E-state index contributed by atoms with van der Waals surface area (Å²) in [5, 5.41) is 12.6. The number of hydrogen-bond donors (Lipinski definition) is 3. The first-order chi connectivity index (χ1) is 18.6. The topological polar surface area (TPSA) is 166 Å². The van der Waals surface area contributed by atoms with Crippen LogP contribution in [0.3, 0.4) is 0 Å². The Balaban J connectivity index is 1.53. The monoisotopic (exact) mass is 517 g/mol. The highest BCUT2D eigenvalue weighted by Crippen LogP contribution is 2.34. The first-order valence-electron chi connectivity index (χ1n) is 11.6. The molecule has 0 aliphatic carbocycles. The van der Waals surface area contributed by atoms with Gasteiger partial charge in [-0.05, 0) is 24.0 Å². The van der Waals surface area contributed by atoms with Crippen molar-refractivity contribution in [2.45, 2.75) is 24.9 Å². The van der Waals surface area contributed by atoms with Gasteiger partial charge in [-0.15, -0.1) is 0 Å². The zero-order valence-electron chi connectivity index (χ0n) is 20.2. The quantitative estimate of drug-likeness (QED) is 0.238. The molecule has 0 radical (unpaired) electrons. The zero-order valence-corrected chi connectivity index (χ0v) is 20.2. The van der Waals surface area contributed by atoms with Crippen LogP contribution in [-0.4, -0.2) is 79.0 Å². The standard InChI is InChI=1S/C25H23N7O6/c1-36-12-21(34)38-17-9-20(37-18(17)11-33)32-19(8-7-16-10-26-13-27-16)30-22-23(28-14-29-24(22)32)31-25(35)15-5-3-2-4-6-15/h2-6,10,13-14,17-18,20,33H,9,11-12H2,1H3,(H,26,27)(H,28,29,31,35)/t17-,18+,20+/m0/s1. The highest BCUT2D eigenvalue weighted by atomic mass is 16.6. The van der Waals surface area contributed by atoms with Crippen LogP contribution in [0.2, 0.25) is 0 Å². The molecule has 4 heterocycles. The highest BCUT2D eigenvalue weighted by molar-refractivity contribution is 6.06. The van der Waals surface area contributed by atoms with Crippen molar-refractivity contribution in [2.24, 2.45) is 0 Å². The maximum Gasteiger partial charge on any atom is 0.332 e. The summed E-state index contributed by atoms with van der Waals surface area (Å²) in [6.07, 6.45) is 2.28. The van der Waals surface area contributed by atoms with E-state index in [-0.39, 0.29) is 42.7 Å². The van der Waals surface area contributed by atoms with Gasteiger partial charge >= 0.3 is 5.97 Å². The number of carbonyl (C=O) groups is 2. The number of imidazole rings is 2. The predicted molar refractivity (Wildman–Crippen MR) is 132 cm³/mol. The molecule has 1 aliphatic heterocycles. The van der Waals surface area contributed by atoms with E-state index in [9.17, 15) is 14.7 Å². The SMILES string of the molecule is COCC(=O)O[C@H]1C[C@H](n2c(C#Cc3cnc[nH]3)nc3c(NC(=O)c4ccccc4)ncnc32)O[C@@H]1CO. The summed E-state index contributed by atoms with van der Waals surface area (Å²) in [5.41, 5.74) is 1.63. The Morgan fingerprint density at radius 2 is 2.11 bits per heavy atom. The molecule has 0 bridgehead atoms. The van der Waals surface area contributed by atoms with Gasteiger partial charge in [-0.2, -0.15) is 0 Å². The molecule has 3 aromatic heterocycles. The van der Waals surface area contributed by atoms with Crippen molar-refractivity contribution in [3.05, 3.63) is 66.3 Å². The lowest BCUT2D eigenvalue weighted by Gasteiger charge is -2.16. The van der Waals surface area contributed by atoms with Crippen LogP contribution < -0.4 is 5.32 Å². The van der Waals surface area contributed by atoms with Crippen molar-refractivity contribution in [1.82, 2.24) is 29.5 Å². The third-order valence-electron chi connectivity index (χ3n) is 5.75. The number of anilines is 1. The number of aromatic nitrogens is 6. The smallest absolute Gasteiger partial charge is 0.332 e. The number of nitrogens with zero attached hydrogens (tertiary/aromatic N) is 5. The summed E-state index contributed by atoms with van der Waals surface area (Å²) in [4.78, 5) is 44.9. The minimum Gasteiger partial charge on any atom is -0.458 e. The first-order valence-corrected chi connectivity index (χ1v) is 11.6. The second kappa shape index (κ2) is 11.2. The number of aromatic amines is 1. The Bertz CT molecular complexity index is 1490. The van der Waals surface area contributed by atoms with Gasteiger partial charge in [0.2, 0.25) is 0 Å². The fourth-order valence-corrected chi connectivity index (χ4v) is 4.04. The number of benzene rings is 1. The van der Waals surface area contributed by atoms with E-state index in [0.717, 1.165) is 0 Å². The Labute approximate surface area is 216 Å². The van der Waals surface area contributed by atoms with E-state index in [0.29, 0.717) is 16.9 Å². The molecule has 4 aromatic rings. The van der Waals surface area contributed by atoms with Crippen molar-refractivity contribution in [3.8, 4) is 11.8 Å². The normalized spacial score (nSPS) is 18.6. The lowest BCUT2D eigenvalue weighted by atomic mass is 10.2. The van der Waals surface area contributed by atoms with Crippen LogP contribution >= 0.6 is 0 Å². The Morgan fingerprint density at radius 3 is 2.84 bits per heavy atom. The van der Waals surface area contributed by atoms with E-state index in [4.69, 9.17) is 14.2 Å². The fraction of sp³-hybridized carbons (Fsp3) is 0.280. The minimum atomic E-state index is -0.786. The van der Waals surface area contributed by atoms with Gasteiger partial charge < -0.3 is 29.6 Å². The molecule has 3 N–H and O–H groups in total. The number of amides is 1. The molecule has 194 valence electrons. The molecule has 0 spiro atoms. The Morgan fingerprint density at radius 1 is 1.26 bits per heavy atom. The van der Waals surface area contributed by atoms with E-state index in [1.54, 1.807) is 35.0 Å². The van der Waals surface area contributed by atoms with Gasteiger partial charge in [0.15, 0.2) is 22.8 Å². The van der Waals surface area contributed by atoms with E-state index >= 15 is 0 Å². The van der Waals surface area contributed by atoms with Crippen LogP contribution in [0.25, 0.3) is 11.2 Å². The fourth-order valence-electron chi connectivity index (χ4n) is 4.04. The summed E-state index contributed by atoms with van der Waals surface area (Å²) < 4.78 is 18.0. The van der Waals surface area contributed by atoms with Crippen LogP contribution in [0.1, 0.15) is 34.5 Å². The van der Waals surface area contributed by atoms with Gasteiger partial charge in [0.05, 0.1) is 19.1 Å². The largest absolute Gasteiger partial charge is 0.458 e. The van der Waals surface area contributed by atoms with Crippen LogP contribution in [-0.2, 0) is 19.0 Å². The molecule has 1 aromatic carbocycles. The molecule has 5 rings (SSSR count). The second-order valence-corrected chi connectivity index (χ2v) is 8.24. The van der Waals surface area contributed by atoms with Crippen molar-refractivity contribution in [3.63, 3.8) is 0 Å². The number of methoxy groups -OCH3 is 1. The lowest BCUT2D eigenvalue weighted by molar-refractivity contribution is -0.157. The molecule has 0 unspecified atom stereocenters. The number of hydrogen-bond acceptors (Lipinski definition) is 10. The van der Waals surface area contributed by atoms with E-state index < -0.39 is 24.4 Å². The summed E-state index contributed by atoms with van der Waals surface area (Å²) in [6.45, 7) is -0.609. The molecule has 1 aliphatic rings. The average molecular weight is 518 g/mol. The Kier molecular flexibility index (Phi) is 7.36. The minimum absolute atomic E-state index is 0.187. The molecule has 0 saturated carbocycles. The number of esters is 1. The molecule has 13 nitrogen and oxygen atoms in total. The van der Waals surface area contributed by atoms with Gasteiger partial charge in [0, 0.05) is 19.1 Å². The third kappa shape index (κ3) is 5.23. The molecular formula is C25H23N7O6. The predicted octanol–water partition coefficient (Wildman–Crippen LogP) is 1.04. The van der Waals surface area contributed by atoms with Crippen LogP contribution in [0.4, 0.5) is 5.82 Å². The number of H-pyrrole nitrogens is 1. The van der Waals surface area contributed by atoms with Crippen molar-refractivity contribution in [1.29, 1.82) is 0 Å². The van der Waals surface area contributed by atoms with Crippen molar-refractivity contribution < 1.29 is 28.9 Å². The van der Waals surface area contributed by atoms with Gasteiger partial charge in [0.1, 0.15) is 37.1 Å². The summed E-state index contributed by atoms with van der Waals surface area (Å²) in [6, 6.07) is 8.69. The van der Waals surface area contributed by atoms with Crippen molar-refractivity contribution >= 4 is 28.9 Å². The lowest BCUT2D eigenvalue weighted by Crippen LogP contribution is -2.31. The summed E-state index contributed by atoms with van der Waals surface area (Å²) in [7, 11) is 1.38. The van der Waals surface area contributed by atoms with Crippen LogP contribution in [0, 0.1) is 11.8 Å². The number of aliphatic hydroxyl groups is 1. The van der Waals surface area contributed by atoms with E-state index in [2.05, 4.69) is 42.1 Å². The summed E-state index contributed by atoms with van der Waals surface area (Å²) >= 11 is 0. The van der Waals surface area contributed by atoms with Gasteiger partial charge in [0.25, 0.3) is 5.91 Å². The molecule has 1 amide bonds. The van der Waals surface area contributed by atoms with Crippen molar-refractivity contribution in [2.75, 3.05) is 25.6 Å². The van der Waals surface area contributed by atoms with Gasteiger partial charge in [-0.1, -0.05) is 18.2 Å². The van der Waals surface area contributed by atoms with E-state index in [1.807, 2.05) is 6.07 Å².